The predicted molar refractivity (Wildman–Crippen MR) is 80.2 cm³/mol. The van der Waals surface area contributed by atoms with Gasteiger partial charge in [0.25, 0.3) is 0 Å². The zero-order chi connectivity index (χ0) is 16.3. The number of anilines is 1. The van der Waals surface area contributed by atoms with Crippen LogP contribution in [0, 0.1) is 25.6 Å². The van der Waals surface area contributed by atoms with Crippen LogP contribution in [0.15, 0.2) is 28.8 Å². The number of aliphatic carboxylic acids is 1. The van der Waals surface area contributed by atoms with Crippen LogP contribution in [-0.2, 0) is 11.3 Å². The van der Waals surface area contributed by atoms with Gasteiger partial charge in [-0.05, 0) is 32.0 Å². The van der Waals surface area contributed by atoms with Crippen LogP contribution in [0.2, 0.25) is 0 Å². The number of carbonyl (C=O) groups is 1. The Balaban J connectivity index is 2.31. The molecule has 0 radical (unpaired) electrons. The van der Waals surface area contributed by atoms with Crippen molar-refractivity contribution in [1.29, 1.82) is 0 Å². The molecule has 1 aromatic carbocycles. The van der Waals surface area contributed by atoms with E-state index in [0.717, 1.165) is 11.3 Å². The summed E-state index contributed by atoms with van der Waals surface area (Å²) in [6.45, 7) is 5.95. The highest BCUT2D eigenvalue weighted by atomic mass is 19.1. The quantitative estimate of drug-likeness (QED) is 0.888. The maximum atomic E-state index is 13.5. The molecule has 1 N–H and O–H groups in total. The van der Waals surface area contributed by atoms with Crippen LogP contribution in [0.4, 0.5) is 10.1 Å². The molecule has 0 bridgehead atoms. The number of aromatic nitrogens is 1. The van der Waals surface area contributed by atoms with Gasteiger partial charge in [-0.3, -0.25) is 4.79 Å². The number of nitrogens with zero attached hydrogens (tertiary/aromatic N) is 2. The van der Waals surface area contributed by atoms with E-state index >= 15 is 0 Å². The van der Waals surface area contributed by atoms with Crippen molar-refractivity contribution >= 4 is 11.7 Å². The summed E-state index contributed by atoms with van der Waals surface area (Å²) < 4.78 is 18.6. The van der Waals surface area contributed by atoms with Crippen LogP contribution >= 0.6 is 0 Å². The molecule has 1 unspecified atom stereocenters. The summed E-state index contributed by atoms with van der Waals surface area (Å²) >= 11 is 0. The topological polar surface area (TPSA) is 66.6 Å². The average molecular weight is 306 g/mol. The molecule has 1 atom stereocenters. The van der Waals surface area contributed by atoms with Crippen LogP contribution in [0.25, 0.3) is 0 Å². The molecule has 0 saturated carbocycles. The van der Waals surface area contributed by atoms with Gasteiger partial charge >= 0.3 is 5.97 Å². The molecule has 0 spiro atoms. The summed E-state index contributed by atoms with van der Waals surface area (Å²) in [6.07, 6.45) is 0. The molecule has 5 nitrogen and oxygen atoms in total. The van der Waals surface area contributed by atoms with E-state index in [9.17, 15) is 9.18 Å². The molecule has 1 heterocycles. The molecule has 0 aliphatic heterocycles. The van der Waals surface area contributed by atoms with Gasteiger partial charge in [-0.2, -0.15) is 0 Å². The first-order valence-electron chi connectivity index (χ1n) is 7.03. The third kappa shape index (κ3) is 3.63. The van der Waals surface area contributed by atoms with Crippen molar-refractivity contribution in [3.8, 4) is 0 Å². The van der Waals surface area contributed by atoms with E-state index in [1.807, 2.05) is 11.8 Å². The Morgan fingerprint density at radius 2 is 2.18 bits per heavy atom. The first-order chi connectivity index (χ1) is 10.4. The van der Waals surface area contributed by atoms with E-state index in [2.05, 4.69) is 5.16 Å². The van der Waals surface area contributed by atoms with E-state index in [0.29, 0.717) is 18.0 Å². The lowest BCUT2D eigenvalue weighted by molar-refractivity contribution is -0.140. The number of rotatable bonds is 6. The van der Waals surface area contributed by atoms with Crippen LogP contribution in [0.5, 0.6) is 0 Å². The molecular weight excluding hydrogens is 287 g/mol. The SMILES string of the molecule is Cc1noc(C)c1CN(CC(C)C(=O)O)c1cccc(F)c1. The van der Waals surface area contributed by atoms with Gasteiger partial charge in [0.2, 0.25) is 0 Å². The minimum atomic E-state index is -0.889. The second-order valence-electron chi connectivity index (χ2n) is 5.40. The summed E-state index contributed by atoms with van der Waals surface area (Å²) in [4.78, 5) is 13.0. The van der Waals surface area contributed by atoms with Crippen molar-refractivity contribution in [2.45, 2.75) is 27.3 Å². The average Bonchev–Trinajstić information content (AvgIpc) is 2.78. The van der Waals surface area contributed by atoms with Gasteiger partial charge in [-0.1, -0.05) is 18.1 Å². The van der Waals surface area contributed by atoms with Crippen molar-refractivity contribution in [3.63, 3.8) is 0 Å². The number of carboxylic acids is 1. The van der Waals surface area contributed by atoms with Gasteiger partial charge in [-0.15, -0.1) is 0 Å². The second kappa shape index (κ2) is 6.60. The molecule has 118 valence electrons. The lowest BCUT2D eigenvalue weighted by Gasteiger charge is -2.26. The van der Waals surface area contributed by atoms with E-state index in [-0.39, 0.29) is 12.4 Å². The Morgan fingerprint density at radius 3 is 2.73 bits per heavy atom. The normalized spacial score (nSPS) is 12.2. The standard InChI is InChI=1S/C16H19FN2O3/c1-10(16(20)21)8-19(14-6-4-5-13(17)7-14)9-15-11(2)18-22-12(15)3/h4-7,10H,8-9H2,1-3H3,(H,20,21). The summed E-state index contributed by atoms with van der Waals surface area (Å²) in [7, 11) is 0. The fourth-order valence-corrected chi connectivity index (χ4v) is 2.26. The highest BCUT2D eigenvalue weighted by molar-refractivity contribution is 5.70. The second-order valence-corrected chi connectivity index (χ2v) is 5.40. The molecule has 2 rings (SSSR count). The minimum Gasteiger partial charge on any atom is -0.481 e. The van der Waals surface area contributed by atoms with Gasteiger partial charge in [0.05, 0.1) is 11.6 Å². The lowest BCUT2D eigenvalue weighted by atomic mass is 10.1. The summed E-state index contributed by atoms with van der Waals surface area (Å²) in [5.74, 6) is -1.14. The van der Waals surface area contributed by atoms with Crippen molar-refractivity contribution in [1.82, 2.24) is 5.16 Å². The van der Waals surface area contributed by atoms with E-state index in [1.165, 1.54) is 12.1 Å². The van der Waals surface area contributed by atoms with Crippen LogP contribution in [-0.4, -0.2) is 22.8 Å². The zero-order valence-electron chi connectivity index (χ0n) is 12.8. The molecule has 0 fully saturated rings. The highest BCUT2D eigenvalue weighted by Crippen LogP contribution is 2.23. The number of benzene rings is 1. The summed E-state index contributed by atoms with van der Waals surface area (Å²) in [6, 6.07) is 6.12. The molecule has 0 saturated heterocycles. The number of hydrogen-bond acceptors (Lipinski definition) is 4. The van der Waals surface area contributed by atoms with Crippen molar-refractivity contribution in [2.75, 3.05) is 11.4 Å². The molecule has 22 heavy (non-hydrogen) atoms. The summed E-state index contributed by atoms with van der Waals surface area (Å²) in [5, 5.41) is 13.0. The Morgan fingerprint density at radius 1 is 1.45 bits per heavy atom. The molecule has 2 aromatic rings. The Bertz CT molecular complexity index is 650. The first kappa shape index (κ1) is 16.0. The van der Waals surface area contributed by atoms with E-state index in [1.54, 1.807) is 26.0 Å². The third-order valence-corrected chi connectivity index (χ3v) is 3.62. The minimum absolute atomic E-state index is 0.267. The first-order valence-corrected chi connectivity index (χ1v) is 7.03. The maximum absolute atomic E-state index is 13.5. The number of hydrogen-bond donors (Lipinski definition) is 1. The number of aryl methyl sites for hydroxylation is 2. The largest absolute Gasteiger partial charge is 0.481 e. The Labute approximate surface area is 128 Å². The predicted octanol–water partition coefficient (Wildman–Crippen LogP) is 3.16. The zero-order valence-corrected chi connectivity index (χ0v) is 12.8. The van der Waals surface area contributed by atoms with Crippen molar-refractivity contribution in [2.24, 2.45) is 5.92 Å². The third-order valence-electron chi connectivity index (χ3n) is 3.62. The molecule has 1 aromatic heterocycles. The van der Waals surface area contributed by atoms with E-state index < -0.39 is 11.9 Å². The number of halogens is 1. The van der Waals surface area contributed by atoms with Crippen LogP contribution in [0.3, 0.4) is 0 Å². The van der Waals surface area contributed by atoms with Crippen LogP contribution < -0.4 is 4.90 Å². The molecule has 0 aliphatic carbocycles. The molecular formula is C16H19FN2O3. The lowest BCUT2D eigenvalue weighted by Crippen LogP contribution is -2.31. The fraction of sp³-hybridized carbons (Fsp3) is 0.375. The van der Waals surface area contributed by atoms with E-state index in [4.69, 9.17) is 9.63 Å². The molecule has 0 amide bonds. The number of carboxylic acid groups (broad SMARTS) is 1. The van der Waals surface area contributed by atoms with Crippen LogP contribution in [0.1, 0.15) is 23.9 Å². The van der Waals surface area contributed by atoms with Gasteiger partial charge < -0.3 is 14.5 Å². The van der Waals surface area contributed by atoms with Crippen molar-refractivity contribution in [3.05, 3.63) is 47.1 Å². The maximum Gasteiger partial charge on any atom is 0.308 e. The monoisotopic (exact) mass is 306 g/mol. The summed E-state index contributed by atoms with van der Waals surface area (Å²) in [5.41, 5.74) is 2.27. The van der Waals surface area contributed by atoms with Gasteiger partial charge in [0, 0.05) is 24.3 Å². The van der Waals surface area contributed by atoms with Gasteiger partial charge in [0.15, 0.2) is 0 Å². The Hall–Kier alpha value is -2.37. The van der Waals surface area contributed by atoms with Gasteiger partial charge in [-0.25, -0.2) is 4.39 Å². The molecule has 6 heteroatoms. The highest BCUT2D eigenvalue weighted by Gasteiger charge is 2.20. The molecule has 0 aliphatic rings. The van der Waals surface area contributed by atoms with Crippen molar-refractivity contribution < 1.29 is 18.8 Å². The smallest absolute Gasteiger partial charge is 0.308 e. The fourth-order valence-electron chi connectivity index (χ4n) is 2.26. The Kier molecular flexibility index (Phi) is 4.80. The van der Waals surface area contributed by atoms with Gasteiger partial charge in [0.1, 0.15) is 11.6 Å².